The van der Waals surface area contributed by atoms with Crippen LogP contribution in [0, 0.1) is 12.8 Å². The number of anilines is 1. The van der Waals surface area contributed by atoms with E-state index in [1.165, 1.54) is 0 Å². The number of benzene rings is 1. The molecule has 3 aromatic rings. The molecule has 1 aromatic carbocycles. The summed E-state index contributed by atoms with van der Waals surface area (Å²) in [5.74, 6) is 2.87. The molecule has 1 saturated heterocycles. The Hall–Kier alpha value is -2.66. The molecule has 0 saturated carbocycles. The first kappa shape index (κ1) is 18.7. The molecule has 0 bridgehead atoms. The molecule has 2 aromatic heterocycles. The molecule has 3 heterocycles. The van der Waals surface area contributed by atoms with Gasteiger partial charge in [-0.25, -0.2) is 9.97 Å². The second-order valence-electron chi connectivity index (χ2n) is 7.13. The summed E-state index contributed by atoms with van der Waals surface area (Å²) in [7, 11) is 0. The largest absolute Gasteiger partial charge is 0.492 e. The van der Waals surface area contributed by atoms with E-state index < -0.39 is 0 Å². The molecule has 1 fully saturated rings. The zero-order valence-electron chi connectivity index (χ0n) is 15.9. The van der Waals surface area contributed by atoms with Crippen LogP contribution in [0.1, 0.15) is 18.5 Å². The molecule has 28 heavy (non-hydrogen) atoms. The van der Waals surface area contributed by atoms with Crippen LogP contribution in [-0.4, -0.2) is 34.6 Å². The molecule has 0 N–H and O–H groups in total. The van der Waals surface area contributed by atoms with Crippen molar-refractivity contribution in [1.29, 1.82) is 0 Å². The van der Waals surface area contributed by atoms with E-state index in [1.807, 2.05) is 43.3 Å². The molecule has 0 amide bonds. The van der Waals surface area contributed by atoms with Gasteiger partial charge in [0.1, 0.15) is 11.6 Å². The second-order valence-corrected chi connectivity index (χ2v) is 7.54. The third-order valence-corrected chi connectivity index (χ3v) is 5.23. The standard InChI is InChI=1S/C22H23ClN4O/c1-16-12-21(26-22(25-16)18-7-4-10-24-13-18)27-11-5-6-17(14-27)15-28-20-9-3-2-8-19(20)23/h2-4,7-10,12-13,17H,5-6,11,14-15H2,1H3. The molecule has 1 atom stereocenters. The molecular formula is C22H23ClN4O. The highest BCUT2D eigenvalue weighted by atomic mass is 35.5. The number of piperidine rings is 1. The molecule has 1 aliphatic rings. The predicted molar refractivity (Wildman–Crippen MR) is 112 cm³/mol. The lowest BCUT2D eigenvalue weighted by Gasteiger charge is -2.33. The van der Waals surface area contributed by atoms with Crippen molar-refractivity contribution in [2.45, 2.75) is 19.8 Å². The Morgan fingerprint density at radius 2 is 2.07 bits per heavy atom. The van der Waals surface area contributed by atoms with Crippen LogP contribution in [0.3, 0.4) is 0 Å². The fourth-order valence-corrected chi connectivity index (χ4v) is 3.71. The zero-order valence-corrected chi connectivity index (χ0v) is 16.6. The van der Waals surface area contributed by atoms with E-state index in [-0.39, 0.29) is 0 Å². The van der Waals surface area contributed by atoms with Gasteiger partial charge in [0.2, 0.25) is 0 Å². The number of ether oxygens (including phenoxy) is 1. The Balaban J connectivity index is 1.47. The number of pyridine rings is 1. The predicted octanol–water partition coefficient (Wildman–Crippen LogP) is 4.80. The zero-order chi connectivity index (χ0) is 19.3. The van der Waals surface area contributed by atoms with Gasteiger partial charge in [0.05, 0.1) is 11.6 Å². The van der Waals surface area contributed by atoms with Crippen molar-refractivity contribution in [3.63, 3.8) is 0 Å². The van der Waals surface area contributed by atoms with E-state index in [4.69, 9.17) is 21.3 Å². The minimum absolute atomic E-state index is 0.433. The van der Waals surface area contributed by atoms with Gasteiger partial charge in [-0.2, -0.15) is 0 Å². The van der Waals surface area contributed by atoms with Crippen molar-refractivity contribution in [2.24, 2.45) is 5.92 Å². The van der Waals surface area contributed by atoms with Crippen molar-refractivity contribution in [1.82, 2.24) is 15.0 Å². The van der Waals surface area contributed by atoms with Crippen LogP contribution in [0.5, 0.6) is 5.75 Å². The normalized spacial score (nSPS) is 16.8. The molecule has 4 rings (SSSR count). The van der Waals surface area contributed by atoms with Crippen LogP contribution < -0.4 is 9.64 Å². The number of nitrogens with zero attached hydrogens (tertiary/aromatic N) is 4. The summed E-state index contributed by atoms with van der Waals surface area (Å²) in [6.07, 6.45) is 5.81. The van der Waals surface area contributed by atoms with Gasteiger partial charge in [0.15, 0.2) is 5.82 Å². The number of hydrogen-bond acceptors (Lipinski definition) is 5. The number of rotatable bonds is 5. The summed E-state index contributed by atoms with van der Waals surface area (Å²) in [6, 6.07) is 13.6. The maximum absolute atomic E-state index is 6.20. The first-order chi connectivity index (χ1) is 13.7. The van der Waals surface area contributed by atoms with Crippen LogP contribution in [-0.2, 0) is 0 Å². The fourth-order valence-electron chi connectivity index (χ4n) is 3.52. The molecular weight excluding hydrogens is 372 g/mol. The Bertz CT molecular complexity index is 935. The summed E-state index contributed by atoms with van der Waals surface area (Å²) in [5.41, 5.74) is 1.89. The van der Waals surface area contributed by atoms with E-state index in [2.05, 4.69) is 20.9 Å². The smallest absolute Gasteiger partial charge is 0.163 e. The van der Waals surface area contributed by atoms with Crippen molar-refractivity contribution in [3.05, 3.63) is 65.6 Å². The third kappa shape index (κ3) is 4.42. The summed E-state index contributed by atoms with van der Waals surface area (Å²) in [5, 5.41) is 0.655. The van der Waals surface area contributed by atoms with Gasteiger partial charge >= 0.3 is 0 Å². The van der Waals surface area contributed by atoms with Crippen molar-refractivity contribution in [2.75, 3.05) is 24.6 Å². The summed E-state index contributed by atoms with van der Waals surface area (Å²) < 4.78 is 5.98. The molecule has 0 spiro atoms. The molecule has 6 heteroatoms. The Morgan fingerprint density at radius 3 is 2.89 bits per heavy atom. The second kappa shape index (κ2) is 8.57. The average molecular weight is 395 g/mol. The number of aryl methyl sites for hydroxylation is 1. The summed E-state index contributed by atoms with van der Waals surface area (Å²) in [4.78, 5) is 15.9. The molecule has 1 aliphatic heterocycles. The number of para-hydroxylation sites is 1. The summed E-state index contributed by atoms with van der Waals surface area (Å²) >= 11 is 6.20. The maximum atomic E-state index is 6.20. The minimum Gasteiger partial charge on any atom is -0.492 e. The monoisotopic (exact) mass is 394 g/mol. The van der Waals surface area contributed by atoms with Crippen LogP contribution in [0.4, 0.5) is 5.82 Å². The Labute approximate surface area is 170 Å². The lowest BCUT2D eigenvalue weighted by Crippen LogP contribution is -2.38. The van der Waals surface area contributed by atoms with E-state index >= 15 is 0 Å². The van der Waals surface area contributed by atoms with Crippen molar-refractivity contribution in [3.8, 4) is 17.1 Å². The van der Waals surface area contributed by atoms with E-state index in [1.54, 1.807) is 12.4 Å². The number of aromatic nitrogens is 3. The molecule has 144 valence electrons. The average Bonchev–Trinajstić information content (AvgIpc) is 2.74. The van der Waals surface area contributed by atoms with E-state index in [9.17, 15) is 0 Å². The van der Waals surface area contributed by atoms with Crippen LogP contribution in [0.2, 0.25) is 5.02 Å². The highest BCUT2D eigenvalue weighted by Crippen LogP contribution is 2.27. The lowest BCUT2D eigenvalue weighted by molar-refractivity contribution is 0.228. The van der Waals surface area contributed by atoms with Gasteiger partial charge in [-0.05, 0) is 44.0 Å². The van der Waals surface area contributed by atoms with Crippen molar-refractivity contribution < 1.29 is 4.74 Å². The molecule has 0 aliphatic carbocycles. The third-order valence-electron chi connectivity index (χ3n) is 4.91. The highest BCUT2D eigenvalue weighted by Gasteiger charge is 2.22. The van der Waals surface area contributed by atoms with Crippen molar-refractivity contribution >= 4 is 17.4 Å². The van der Waals surface area contributed by atoms with E-state index in [0.717, 1.165) is 54.6 Å². The van der Waals surface area contributed by atoms with E-state index in [0.29, 0.717) is 17.5 Å². The number of halogens is 1. The first-order valence-corrected chi connectivity index (χ1v) is 9.95. The lowest BCUT2D eigenvalue weighted by atomic mass is 9.99. The molecule has 5 nitrogen and oxygen atoms in total. The van der Waals surface area contributed by atoms with Gasteiger partial charge in [-0.1, -0.05) is 23.7 Å². The van der Waals surface area contributed by atoms with Gasteiger partial charge in [-0.15, -0.1) is 0 Å². The Morgan fingerprint density at radius 1 is 1.18 bits per heavy atom. The fraction of sp³-hybridized carbons (Fsp3) is 0.318. The van der Waals surface area contributed by atoms with Gasteiger partial charge < -0.3 is 9.64 Å². The van der Waals surface area contributed by atoms with Gasteiger partial charge in [0.25, 0.3) is 0 Å². The molecule has 0 radical (unpaired) electrons. The maximum Gasteiger partial charge on any atom is 0.163 e. The first-order valence-electron chi connectivity index (χ1n) is 9.57. The van der Waals surface area contributed by atoms with Gasteiger partial charge in [0, 0.05) is 48.7 Å². The van der Waals surface area contributed by atoms with Crippen LogP contribution in [0.15, 0.2) is 54.9 Å². The van der Waals surface area contributed by atoms with Crippen LogP contribution in [0.25, 0.3) is 11.4 Å². The quantitative estimate of drug-likeness (QED) is 0.622. The highest BCUT2D eigenvalue weighted by molar-refractivity contribution is 6.32. The SMILES string of the molecule is Cc1cc(N2CCCC(COc3ccccc3Cl)C2)nc(-c2cccnc2)n1. The van der Waals surface area contributed by atoms with Crippen LogP contribution >= 0.6 is 11.6 Å². The Kier molecular flexibility index (Phi) is 5.72. The minimum atomic E-state index is 0.433. The topological polar surface area (TPSA) is 51.1 Å². The molecule has 1 unspecified atom stereocenters. The summed E-state index contributed by atoms with van der Waals surface area (Å²) in [6.45, 7) is 4.56. The number of hydrogen-bond donors (Lipinski definition) is 0. The van der Waals surface area contributed by atoms with Gasteiger partial charge in [-0.3, -0.25) is 4.98 Å².